The van der Waals surface area contributed by atoms with Crippen molar-refractivity contribution in [2.75, 3.05) is 18.7 Å². The number of quaternary nitrogens is 1. The number of hydrogen-bond donors (Lipinski definition) is 4. The van der Waals surface area contributed by atoms with Crippen molar-refractivity contribution in [1.82, 2.24) is 15.3 Å². The van der Waals surface area contributed by atoms with Gasteiger partial charge in [-0.15, -0.1) is 0 Å². The van der Waals surface area contributed by atoms with Gasteiger partial charge in [-0.25, -0.2) is 20.6 Å². The summed E-state index contributed by atoms with van der Waals surface area (Å²) in [6.07, 6.45) is 5.48. The van der Waals surface area contributed by atoms with E-state index >= 15 is 0 Å². The smallest absolute Gasteiger partial charge is 0.274 e. The SMILES string of the molecule is Cc1nc(NC2=[NH+]C[NH+]([C@H]3CCCC[C@@H]3C)CN2)nc2ccccc12. The number of fused-ring (bicyclic) bond motifs is 1. The zero-order valence-electron chi connectivity index (χ0n) is 15.1. The van der Waals surface area contributed by atoms with Gasteiger partial charge in [-0.2, -0.15) is 4.98 Å². The first-order valence-corrected chi connectivity index (χ1v) is 9.40. The molecule has 1 aliphatic heterocycles. The lowest BCUT2D eigenvalue weighted by Crippen LogP contribution is -3.27. The van der Waals surface area contributed by atoms with Crippen LogP contribution in [0.4, 0.5) is 5.95 Å². The van der Waals surface area contributed by atoms with Crippen LogP contribution in [0.25, 0.3) is 10.9 Å². The summed E-state index contributed by atoms with van der Waals surface area (Å²) < 4.78 is 0. The monoisotopic (exact) mass is 340 g/mol. The van der Waals surface area contributed by atoms with Gasteiger partial charge in [0.25, 0.3) is 5.95 Å². The Morgan fingerprint density at radius 2 is 2.04 bits per heavy atom. The maximum Gasteiger partial charge on any atom is 0.359 e. The van der Waals surface area contributed by atoms with Crippen molar-refractivity contribution in [2.45, 2.75) is 45.6 Å². The summed E-state index contributed by atoms with van der Waals surface area (Å²) in [7, 11) is 0. The van der Waals surface area contributed by atoms with Crippen molar-refractivity contribution in [3.05, 3.63) is 30.0 Å². The normalized spacial score (nSPS) is 26.8. The Balaban J connectivity index is 1.45. The van der Waals surface area contributed by atoms with Crippen LogP contribution in [-0.2, 0) is 0 Å². The number of nitrogens with zero attached hydrogens (tertiary/aromatic N) is 2. The minimum absolute atomic E-state index is 0.640. The van der Waals surface area contributed by atoms with Gasteiger partial charge in [-0.3, -0.25) is 4.90 Å². The molecule has 1 saturated carbocycles. The van der Waals surface area contributed by atoms with Gasteiger partial charge in [0.2, 0.25) is 0 Å². The standard InChI is InChI=1S/C19H26N6/c1-13-7-3-6-10-17(13)25-11-20-18(21-12-25)24-19-22-14(2)15-8-4-5-9-16(15)23-19/h4-5,8-9,13,17H,3,6-7,10-12H2,1-2H3,(H2,20,21,22,23,24)/p+2/t13-,17-/m0/s1. The molecule has 2 aromatic rings. The van der Waals surface area contributed by atoms with E-state index in [0.29, 0.717) is 5.95 Å². The molecule has 2 heterocycles. The fourth-order valence-corrected chi connectivity index (χ4v) is 4.21. The van der Waals surface area contributed by atoms with Crippen LogP contribution in [0, 0.1) is 12.8 Å². The highest BCUT2D eigenvalue weighted by molar-refractivity contribution is 5.89. The first-order valence-electron chi connectivity index (χ1n) is 9.40. The van der Waals surface area contributed by atoms with Crippen LogP contribution in [0.2, 0.25) is 0 Å². The molecule has 4 N–H and O–H groups in total. The third-order valence-corrected chi connectivity index (χ3v) is 5.65. The highest BCUT2D eigenvalue weighted by Gasteiger charge is 2.33. The first-order chi connectivity index (χ1) is 12.2. The Morgan fingerprint density at radius 3 is 2.84 bits per heavy atom. The van der Waals surface area contributed by atoms with E-state index in [0.717, 1.165) is 47.9 Å². The van der Waals surface area contributed by atoms with Crippen molar-refractivity contribution < 1.29 is 9.89 Å². The summed E-state index contributed by atoms with van der Waals surface area (Å²) in [5, 5.41) is 7.89. The number of anilines is 1. The number of rotatable bonds is 2. The molecule has 0 saturated heterocycles. The van der Waals surface area contributed by atoms with Crippen molar-refractivity contribution in [1.29, 1.82) is 0 Å². The van der Waals surface area contributed by atoms with Crippen LogP contribution in [0.5, 0.6) is 0 Å². The lowest BCUT2D eigenvalue weighted by Gasteiger charge is -2.35. The van der Waals surface area contributed by atoms with Gasteiger partial charge in [0, 0.05) is 11.3 Å². The van der Waals surface area contributed by atoms with E-state index < -0.39 is 0 Å². The topological polar surface area (TPSA) is 68.2 Å². The molecule has 0 bridgehead atoms. The summed E-state index contributed by atoms with van der Waals surface area (Å²) in [4.78, 5) is 14.3. The van der Waals surface area contributed by atoms with E-state index in [1.54, 1.807) is 4.90 Å². The van der Waals surface area contributed by atoms with E-state index in [-0.39, 0.29) is 0 Å². The molecule has 6 heteroatoms. The molecule has 6 nitrogen and oxygen atoms in total. The maximum absolute atomic E-state index is 4.62. The molecule has 1 unspecified atom stereocenters. The van der Waals surface area contributed by atoms with Crippen molar-refractivity contribution in [3.8, 4) is 0 Å². The van der Waals surface area contributed by atoms with Gasteiger partial charge in [-0.05, 0) is 32.3 Å². The summed E-state index contributed by atoms with van der Waals surface area (Å²) in [6, 6.07) is 8.88. The maximum atomic E-state index is 4.62. The number of nitrogens with one attached hydrogen (secondary N) is 4. The summed E-state index contributed by atoms with van der Waals surface area (Å²) >= 11 is 0. The van der Waals surface area contributed by atoms with Crippen molar-refractivity contribution in [3.63, 3.8) is 0 Å². The van der Waals surface area contributed by atoms with Crippen molar-refractivity contribution in [2.24, 2.45) is 5.92 Å². The summed E-state index contributed by atoms with van der Waals surface area (Å²) in [5.74, 6) is 2.36. The highest BCUT2D eigenvalue weighted by atomic mass is 15.4. The minimum atomic E-state index is 0.640. The van der Waals surface area contributed by atoms with Gasteiger partial charge in [-0.1, -0.05) is 31.5 Å². The predicted octanol–water partition coefficient (Wildman–Crippen LogP) is -0.231. The molecule has 25 heavy (non-hydrogen) atoms. The highest BCUT2D eigenvalue weighted by Crippen LogP contribution is 2.21. The van der Waals surface area contributed by atoms with Gasteiger partial charge < -0.3 is 0 Å². The average molecular weight is 340 g/mol. The third kappa shape index (κ3) is 3.44. The van der Waals surface area contributed by atoms with Crippen LogP contribution in [0.3, 0.4) is 0 Å². The molecule has 1 aromatic carbocycles. The zero-order valence-corrected chi connectivity index (χ0v) is 15.1. The first kappa shape index (κ1) is 16.3. The molecule has 3 atom stereocenters. The van der Waals surface area contributed by atoms with Gasteiger partial charge in [0.05, 0.1) is 17.3 Å². The molecule has 1 aromatic heterocycles. The second-order valence-corrected chi connectivity index (χ2v) is 7.38. The quantitative estimate of drug-likeness (QED) is 0.610. The van der Waals surface area contributed by atoms with E-state index in [1.165, 1.54) is 25.7 Å². The van der Waals surface area contributed by atoms with Crippen LogP contribution >= 0.6 is 0 Å². The summed E-state index contributed by atoms with van der Waals surface area (Å²) in [5.41, 5.74) is 1.96. The van der Waals surface area contributed by atoms with Crippen LogP contribution in [-0.4, -0.2) is 35.3 Å². The van der Waals surface area contributed by atoms with Crippen LogP contribution < -0.4 is 20.5 Å². The lowest BCUT2D eigenvalue weighted by atomic mass is 9.85. The molecular formula is C19H28N6+2. The van der Waals surface area contributed by atoms with Gasteiger partial charge in [0.1, 0.15) is 0 Å². The number of hydrogen-bond acceptors (Lipinski definition) is 4. The molecule has 0 spiro atoms. The summed E-state index contributed by atoms with van der Waals surface area (Å²) in [6.45, 7) is 6.31. The van der Waals surface area contributed by atoms with E-state index in [9.17, 15) is 0 Å². The fourth-order valence-electron chi connectivity index (χ4n) is 4.21. The molecule has 2 aliphatic rings. The van der Waals surface area contributed by atoms with Crippen LogP contribution in [0.1, 0.15) is 38.3 Å². The lowest BCUT2D eigenvalue weighted by molar-refractivity contribution is -1.00. The third-order valence-electron chi connectivity index (χ3n) is 5.65. The van der Waals surface area contributed by atoms with Crippen LogP contribution in [0.15, 0.2) is 24.3 Å². The van der Waals surface area contributed by atoms with E-state index in [1.807, 2.05) is 25.1 Å². The minimum Gasteiger partial charge on any atom is -0.274 e. The van der Waals surface area contributed by atoms with Gasteiger partial charge >= 0.3 is 5.96 Å². The number of para-hydroxylation sites is 1. The largest absolute Gasteiger partial charge is 0.359 e. The number of aryl methyl sites for hydroxylation is 1. The number of guanidine groups is 1. The van der Waals surface area contributed by atoms with Gasteiger partial charge in [0.15, 0.2) is 13.3 Å². The molecule has 0 radical (unpaired) electrons. The van der Waals surface area contributed by atoms with Crippen molar-refractivity contribution >= 4 is 22.8 Å². The molecular weight excluding hydrogens is 312 g/mol. The molecule has 1 aliphatic carbocycles. The fraction of sp³-hybridized carbons (Fsp3) is 0.526. The van der Waals surface area contributed by atoms with E-state index in [4.69, 9.17) is 0 Å². The number of benzene rings is 1. The second kappa shape index (κ2) is 6.96. The Kier molecular flexibility index (Phi) is 4.53. The Bertz CT molecular complexity index is 787. The Morgan fingerprint density at radius 1 is 1.20 bits per heavy atom. The predicted molar refractivity (Wildman–Crippen MR) is 99.1 cm³/mol. The second-order valence-electron chi connectivity index (χ2n) is 7.38. The molecule has 132 valence electrons. The molecule has 1 fully saturated rings. The number of aromatic nitrogens is 2. The molecule has 0 amide bonds. The average Bonchev–Trinajstić information content (AvgIpc) is 2.63. The molecule has 4 rings (SSSR count). The zero-order chi connectivity index (χ0) is 17.2. The van der Waals surface area contributed by atoms with E-state index in [2.05, 4.69) is 38.6 Å². The Labute approximate surface area is 148 Å². The Hall–Kier alpha value is -2.21.